The first-order valence-electron chi connectivity index (χ1n) is 6.21. The number of carbonyl (C=O) groups excluding carboxylic acids is 1. The molecule has 1 aromatic rings. The van der Waals surface area contributed by atoms with Crippen molar-refractivity contribution in [2.24, 2.45) is 0 Å². The first kappa shape index (κ1) is 13.9. The zero-order valence-corrected chi connectivity index (χ0v) is 11.4. The predicted molar refractivity (Wildman–Crippen MR) is 77.5 cm³/mol. The molecule has 0 bridgehead atoms. The minimum Gasteiger partial charge on any atom is -0.341 e. The fourth-order valence-corrected chi connectivity index (χ4v) is 2.28. The van der Waals surface area contributed by atoms with Gasteiger partial charge in [-0.1, -0.05) is 30.4 Å². The highest BCUT2D eigenvalue weighted by atomic mass is 32.1. The van der Waals surface area contributed by atoms with Gasteiger partial charge in [-0.2, -0.15) is 0 Å². The van der Waals surface area contributed by atoms with Crippen molar-refractivity contribution >= 4 is 19.0 Å². The van der Waals surface area contributed by atoms with E-state index in [1.165, 1.54) is 6.07 Å². The van der Waals surface area contributed by atoms with E-state index in [0.717, 1.165) is 23.3 Å². The molecule has 0 atom stereocenters. The van der Waals surface area contributed by atoms with E-state index in [1.54, 1.807) is 17.0 Å². The molecular formula is C15H16FNOS. The number of carbonyl (C=O) groups is 1. The molecule has 0 aliphatic carbocycles. The molecule has 1 aliphatic heterocycles. The fourth-order valence-electron chi connectivity index (χ4n) is 2.03. The molecule has 1 amide bonds. The molecule has 0 N–H and O–H groups in total. The molecule has 0 unspecified atom stereocenters. The van der Waals surface area contributed by atoms with E-state index in [4.69, 9.17) is 0 Å². The number of thiol groups is 1. The van der Waals surface area contributed by atoms with Gasteiger partial charge in [0, 0.05) is 13.1 Å². The zero-order valence-electron chi connectivity index (χ0n) is 10.6. The van der Waals surface area contributed by atoms with Crippen LogP contribution in [0.25, 0.3) is 0 Å². The van der Waals surface area contributed by atoms with Crippen molar-refractivity contribution < 1.29 is 9.18 Å². The Bertz CT molecular complexity index is 525. The highest BCUT2D eigenvalue weighted by molar-refractivity contribution is 7.84. The summed E-state index contributed by atoms with van der Waals surface area (Å²) >= 11 is 4.43. The third-order valence-electron chi connectivity index (χ3n) is 3.14. The number of rotatable bonds is 4. The largest absolute Gasteiger partial charge is 0.341 e. The molecular weight excluding hydrogens is 261 g/mol. The van der Waals surface area contributed by atoms with Gasteiger partial charge in [0.1, 0.15) is 5.82 Å². The van der Waals surface area contributed by atoms with Crippen LogP contribution in [0.5, 0.6) is 0 Å². The number of hydrogen-bond donors (Lipinski definition) is 1. The average Bonchev–Trinajstić information content (AvgIpc) is 2.43. The van der Waals surface area contributed by atoms with Gasteiger partial charge in [0.25, 0.3) is 0 Å². The number of halogens is 1. The normalized spacial score (nSPS) is 16.2. The minimum atomic E-state index is -0.189. The number of allylic oxidation sites excluding steroid dienone is 1. The van der Waals surface area contributed by atoms with Crippen molar-refractivity contribution in [3.05, 3.63) is 58.3 Å². The number of amides is 1. The predicted octanol–water partition coefficient (Wildman–Crippen LogP) is 2.97. The molecule has 0 aromatic heterocycles. The Morgan fingerprint density at radius 1 is 1.37 bits per heavy atom. The lowest BCUT2D eigenvalue weighted by Crippen LogP contribution is -2.29. The molecule has 0 spiro atoms. The molecule has 1 aromatic carbocycles. The van der Waals surface area contributed by atoms with Crippen LogP contribution >= 0.6 is 12.6 Å². The SMILES string of the molecule is O=CN1CCC(S)=C(/C=C/Cc2ccccc2F)C1. The van der Waals surface area contributed by atoms with E-state index in [2.05, 4.69) is 12.6 Å². The molecule has 19 heavy (non-hydrogen) atoms. The first-order valence-corrected chi connectivity index (χ1v) is 6.65. The molecule has 4 heteroatoms. The summed E-state index contributed by atoms with van der Waals surface area (Å²) in [4.78, 5) is 13.5. The van der Waals surface area contributed by atoms with Gasteiger partial charge in [0.2, 0.25) is 6.41 Å². The number of nitrogens with zero attached hydrogens (tertiary/aromatic N) is 1. The van der Waals surface area contributed by atoms with Gasteiger partial charge in [-0.25, -0.2) is 4.39 Å². The summed E-state index contributed by atoms with van der Waals surface area (Å²) in [5.41, 5.74) is 1.70. The van der Waals surface area contributed by atoms with Crippen molar-refractivity contribution in [1.82, 2.24) is 4.90 Å². The lowest BCUT2D eigenvalue weighted by atomic mass is 10.1. The quantitative estimate of drug-likeness (QED) is 0.662. The molecule has 1 heterocycles. The van der Waals surface area contributed by atoms with Crippen molar-refractivity contribution in [3.8, 4) is 0 Å². The Hall–Kier alpha value is -1.55. The van der Waals surface area contributed by atoms with Gasteiger partial charge in [-0.05, 0) is 34.9 Å². The van der Waals surface area contributed by atoms with Crippen molar-refractivity contribution in [3.63, 3.8) is 0 Å². The summed E-state index contributed by atoms with van der Waals surface area (Å²) in [6, 6.07) is 6.74. The maximum atomic E-state index is 13.4. The molecule has 100 valence electrons. The minimum absolute atomic E-state index is 0.189. The highest BCUT2D eigenvalue weighted by Gasteiger charge is 2.13. The highest BCUT2D eigenvalue weighted by Crippen LogP contribution is 2.21. The summed E-state index contributed by atoms with van der Waals surface area (Å²) in [6.45, 7) is 1.29. The molecule has 1 aliphatic rings. The van der Waals surface area contributed by atoms with Gasteiger partial charge in [-0.3, -0.25) is 4.79 Å². The second-order valence-electron chi connectivity index (χ2n) is 4.50. The van der Waals surface area contributed by atoms with Gasteiger partial charge >= 0.3 is 0 Å². The van der Waals surface area contributed by atoms with Crippen LogP contribution in [-0.2, 0) is 11.2 Å². The lowest BCUT2D eigenvalue weighted by molar-refractivity contribution is -0.117. The van der Waals surface area contributed by atoms with Crippen LogP contribution in [0.3, 0.4) is 0 Å². The average molecular weight is 277 g/mol. The van der Waals surface area contributed by atoms with Crippen molar-refractivity contribution in [1.29, 1.82) is 0 Å². The Balaban J connectivity index is 2.02. The van der Waals surface area contributed by atoms with Crippen LogP contribution in [0.15, 0.2) is 46.9 Å². The van der Waals surface area contributed by atoms with E-state index in [9.17, 15) is 9.18 Å². The maximum Gasteiger partial charge on any atom is 0.210 e. The van der Waals surface area contributed by atoms with Crippen LogP contribution in [0.2, 0.25) is 0 Å². The van der Waals surface area contributed by atoms with E-state index in [0.29, 0.717) is 25.1 Å². The second-order valence-corrected chi connectivity index (χ2v) is 5.04. The van der Waals surface area contributed by atoms with Gasteiger partial charge in [0.05, 0.1) is 0 Å². The van der Waals surface area contributed by atoms with Crippen LogP contribution in [0.1, 0.15) is 12.0 Å². The molecule has 0 saturated carbocycles. The molecule has 0 fully saturated rings. The van der Waals surface area contributed by atoms with Crippen molar-refractivity contribution in [2.45, 2.75) is 12.8 Å². The number of benzene rings is 1. The Morgan fingerprint density at radius 3 is 2.89 bits per heavy atom. The zero-order chi connectivity index (χ0) is 13.7. The topological polar surface area (TPSA) is 20.3 Å². The fraction of sp³-hybridized carbons (Fsp3) is 0.267. The van der Waals surface area contributed by atoms with Crippen LogP contribution in [0.4, 0.5) is 4.39 Å². The third kappa shape index (κ3) is 3.70. The second kappa shape index (κ2) is 6.57. The Labute approximate surface area is 118 Å². The monoisotopic (exact) mass is 277 g/mol. The number of hydrogen-bond acceptors (Lipinski definition) is 2. The van der Waals surface area contributed by atoms with E-state index in [-0.39, 0.29) is 5.82 Å². The summed E-state index contributed by atoms with van der Waals surface area (Å²) in [5.74, 6) is -0.189. The molecule has 2 nitrogen and oxygen atoms in total. The summed E-state index contributed by atoms with van der Waals surface area (Å²) in [5, 5.41) is 0. The summed E-state index contributed by atoms with van der Waals surface area (Å²) in [7, 11) is 0. The lowest BCUT2D eigenvalue weighted by Gasteiger charge is -2.24. The Kier molecular flexibility index (Phi) is 4.80. The Morgan fingerprint density at radius 2 is 2.16 bits per heavy atom. The molecule has 0 saturated heterocycles. The molecule has 0 radical (unpaired) electrons. The van der Waals surface area contributed by atoms with Crippen molar-refractivity contribution in [2.75, 3.05) is 13.1 Å². The summed E-state index contributed by atoms with van der Waals surface area (Å²) < 4.78 is 13.4. The van der Waals surface area contributed by atoms with Gasteiger partial charge in [0.15, 0.2) is 0 Å². The third-order valence-corrected chi connectivity index (χ3v) is 3.65. The van der Waals surface area contributed by atoms with E-state index in [1.807, 2.05) is 18.2 Å². The molecule has 2 rings (SSSR count). The first-order chi connectivity index (χ1) is 9.20. The smallest absolute Gasteiger partial charge is 0.210 e. The standard InChI is InChI=1S/C15H16FNOS/c16-14-7-2-1-4-12(14)5-3-6-13-10-17(11-18)9-8-15(13)19/h1-4,6-7,11,19H,5,8-10H2/b6-3+. The van der Waals surface area contributed by atoms with Crippen LogP contribution in [-0.4, -0.2) is 24.4 Å². The van der Waals surface area contributed by atoms with Crippen LogP contribution < -0.4 is 0 Å². The van der Waals surface area contributed by atoms with E-state index >= 15 is 0 Å². The van der Waals surface area contributed by atoms with E-state index < -0.39 is 0 Å². The van der Waals surface area contributed by atoms with Gasteiger partial charge < -0.3 is 4.90 Å². The van der Waals surface area contributed by atoms with Gasteiger partial charge in [-0.15, -0.1) is 12.6 Å². The van der Waals surface area contributed by atoms with Crippen LogP contribution in [0, 0.1) is 5.82 Å². The summed E-state index contributed by atoms with van der Waals surface area (Å²) in [6.07, 6.45) is 6.02. The maximum absolute atomic E-state index is 13.4.